The van der Waals surface area contributed by atoms with Gasteiger partial charge in [-0.15, -0.1) is 15.3 Å². The molecule has 1 aliphatic carbocycles. The van der Waals surface area contributed by atoms with Crippen LogP contribution in [0.5, 0.6) is 0 Å². The molecule has 0 radical (unpaired) electrons. The van der Waals surface area contributed by atoms with E-state index in [0.29, 0.717) is 5.92 Å². The number of hydrogen-bond donors (Lipinski definition) is 0. The first-order chi connectivity index (χ1) is 11.2. The molecular formula is C18H27N5. The summed E-state index contributed by atoms with van der Waals surface area (Å²) in [6, 6.07) is 4.17. The van der Waals surface area contributed by atoms with Gasteiger partial charge in [0.15, 0.2) is 11.5 Å². The van der Waals surface area contributed by atoms with Crippen molar-refractivity contribution in [3.05, 3.63) is 18.0 Å². The smallest absolute Gasteiger partial charge is 0.178 e. The van der Waals surface area contributed by atoms with E-state index >= 15 is 0 Å². The number of nitrogens with zero attached hydrogens (tertiary/aromatic N) is 5. The molecule has 0 atom stereocenters. The number of fused-ring (bicyclic) bond motifs is 1. The molecular weight excluding hydrogens is 286 g/mol. The minimum absolute atomic E-state index is 0.578. The van der Waals surface area contributed by atoms with E-state index in [4.69, 9.17) is 5.10 Å². The lowest BCUT2D eigenvalue weighted by molar-refractivity contribution is 0.350. The second-order valence-electron chi connectivity index (χ2n) is 7.70. The Labute approximate surface area is 138 Å². The Hall–Kier alpha value is -1.65. The Morgan fingerprint density at radius 1 is 1.09 bits per heavy atom. The highest BCUT2D eigenvalue weighted by atomic mass is 15.4. The molecule has 124 valence electrons. The molecule has 0 amide bonds. The Bertz CT molecular complexity index is 665. The summed E-state index contributed by atoms with van der Waals surface area (Å²) in [4.78, 5) is 2.43. The maximum atomic E-state index is 4.84. The Morgan fingerprint density at radius 3 is 2.57 bits per heavy atom. The lowest BCUT2D eigenvalue weighted by Crippen LogP contribution is -2.34. The molecule has 0 bridgehead atoms. The van der Waals surface area contributed by atoms with Crippen LogP contribution in [-0.4, -0.2) is 32.9 Å². The summed E-state index contributed by atoms with van der Waals surface area (Å²) >= 11 is 0. The van der Waals surface area contributed by atoms with Gasteiger partial charge in [0.1, 0.15) is 5.82 Å². The molecule has 0 spiro atoms. The van der Waals surface area contributed by atoms with Gasteiger partial charge >= 0.3 is 0 Å². The van der Waals surface area contributed by atoms with Crippen LogP contribution in [0, 0.1) is 11.8 Å². The fraction of sp³-hybridized carbons (Fsp3) is 0.722. The minimum Gasteiger partial charge on any atom is -0.355 e. The lowest BCUT2D eigenvalue weighted by Gasteiger charge is -2.33. The second kappa shape index (κ2) is 6.10. The molecule has 1 saturated carbocycles. The molecule has 2 aromatic heterocycles. The normalized spacial score (nSPS) is 19.9. The van der Waals surface area contributed by atoms with Gasteiger partial charge in [-0.1, -0.05) is 26.7 Å². The number of anilines is 1. The number of rotatable bonds is 5. The fourth-order valence-corrected chi connectivity index (χ4v) is 3.58. The van der Waals surface area contributed by atoms with Crippen molar-refractivity contribution in [3.63, 3.8) is 0 Å². The first kappa shape index (κ1) is 14.9. The van der Waals surface area contributed by atoms with Gasteiger partial charge < -0.3 is 4.90 Å². The summed E-state index contributed by atoms with van der Waals surface area (Å²) in [6.45, 7) is 6.90. The summed E-state index contributed by atoms with van der Waals surface area (Å²) in [6.07, 6.45) is 7.80. The highest BCUT2D eigenvalue weighted by Crippen LogP contribution is 2.38. The monoisotopic (exact) mass is 313 g/mol. The SMILES string of the molecule is CC(C)CCC1CCN(c2ccc3nnc(C4CC4)n3n2)CC1. The van der Waals surface area contributed by atoms with Crippen LogP contribution in [0.2, 0.25) is 0 Å². The molecule has 23 heavy (non-hydrogen) atoms. The predicted molar refractivity (Wildman–Crippen MR) is 91.8 cm³/mol. The van der Waals surface area contributed by atoms with Gasteiger partial charge in [0.25, 0.3) is 0 Å². The number of piperidine rings is 1. The van der Waals surface area contributed by atoms with E-state index in [1.165, 1.54) is 38.5 Å². The zero-order valence-corrected chi connectivity index (χ0v) is 14.3. The Kier molecular flexibility index (Phi) is 3.95. The van der Waals surface area contributed by atoms with Gasteiger partial charge in [-0.25, -0.2) is 0 Å². The van der Waals surface area contributed by atoms with E-state index < -0.39 is 0 Å². The first-order valence-corrected chi connectivity index (χ1v) is 9.18. The first-order valence-electron chi connectivity index (χ1n) is 9.18. The third kappa shape index (κ3) is 3.19. The van der Waals surface area contributed by atoms with Crippen LogP contribution in [0.4, 0.5) is 5.82 Å². The van der Waals surface area contributed by atoms with E-state index in [0.717, 1.165) is 42.2 Å². The maximum Gasteiger partial charge on any atom is 0.178 e. The topological polar surface area (TPSA) is 46.3 Å². The highest BCUT2D eigenvalue weighted by Gasteiger charge is 2.29. The molecule has 1 saturated heterocycles. The molecule has 4 rings (SSSR count). The largest absolute Gasteiger partial charge is 0.355 e. The van der Waals surface area contributed by atoms with Crippen LogP contribution >= 0.6 is 0 Å². The van der Waals surface area contributed by atoms with E-state index in [1.807, 2.05) is 4.52 Å². The van der Waals surface area contributed by atoms with Crippen LogP contribution in [0.25, 0.3) is 5.65 Å². The summed E-state index contributed by atoms with van der Waals surface area (Å²) in [5.74, 6) is 4.44. The van der Waals surface area contributed by atoms with E-state index in [2.05, 4.69) is 41.1 Å². The molecule has 2 aliphatic rings. The molecule has 5 nitrogen and oxygen atoms in total. The standard InChI is InChI=1S/C18H27N5/c1-13(2)3-4-14-9-11-22(12-10-14)17-8-7-16-19-20-18(15-5-6-15)23(16)21-17/h7-8,13-15H,3-6,9-12H2,1-2H3. The zero-order chi connectivity index (χ0) is 15.8. The summed E-state index contributed by atoms with van der Waals surface area (Å²) in [7, 11) is 0. The van der Waals surface area contributed by atoms with Gasteiger partial charge in [-0.3, -0.25) is 0 Å². The molecule has 2 fully saturated rings. The van der Waals surface area contributed by atoms with Gasteiger partial charge in [0.05, 0.1) is 0 Å². The van der Waals surface area contributed by atoms with Crippen molar-refractivity contribution in [2.75, 3.05) is 18.0 Å². The van der Waals surface area contributed by atoms with E-state index in [9.17, 15) is 0 Å². The van der Waals surface area contributed by atoms with Gasteiger partial charge in [-0.05, 0) is 49.7 Å². The van der Waals surface area contributed by atoms with Crippen molar-refractivity contribution in [2.24, 2.45) is 11.8 Å². The quantitative estimate of drug-likeness (QED) is 0.845. The zero-order valence-electron chi connectivity index (χ0n) is 14.3. The van der Waals surface area contributed by atoms with Crippen LogP contribution in [0.3, 0.4) is 0 Å². The van der Waals surface area contributed by atoms with E-state index in [1.54, 1.807) is 0 Å². The van der Waals surface area contributed by atoms with Gasteiger partial charge in [0.2, 0.25) is 0 Å². The summed E-state index contributed by atoms with van der Waals surface area (Å²) in [5, 5.41) is 13.4. The molecule has 3 heterocycles. The third-order valence-electron chi connectivity index (χ3n) is 5.31. The Morgan fingerprint density at radius 2 is 1.87 bits per heavy atom. The molecule has 0 unspecified atom stereocenters. The van der Waals surface area contributed by atoms with Gasteiger partial charge in [0, 0.05) is 19.0 Å². The fourth-order valence-electron chi connectivity index (χ4n) is 3.58. The molecule has 0 N–H and O–H groups in total. The van der Waals surface area contributed by atoms with Crippen LogP contribution in [-0.2, 0) is 0 Å². The average Bonchev–Trinajstić information content (AvgIpc) is 3.32. The van der Waals surface area contributed by atoms with Crippen molar-refractivity contribution in [3.8, 4) is 0 Å². The lowest BCUT2D eigenvalue weighted by atomic mass is 9.90. The van der Waals surface area contributed by atoms with Crippen LogP contribution < -0.4 is 4.90 Å². The predicted octanol–water partition coefficient (Wildman–Crippen LogP) is 3.65. The van der Waals surface area contributed by atoms with Crippen molar-refractivity contribution < 1.29 is 0 Å². The maximum absolute atomic E-state index is 4.84. The van der Waals surface area contributed by atoms with Crippen molar-refractivity contribution in [2.45, 2.75) is 58.3 Å². The van der Waals surface area contributed by atoms with Crippen molar-refractivity contribution >= 4 is 11.5 Å². The highest BCUT2D eigenvalue weighted by molar-refractivity contribution is 5.46. The minimum atomic E-state index is 0.578. The van der Waals surface area contributed by atoms with Crippen molar-refractivity contribution in [1.29, 1.82) is 0 Å². The molecule has 2 aromatic rings. The summed E-state index contributed by atoms with van der Waals surface area (Å²) < 4.78 is 1.97. The van der Waals surface area contributed by atoms with Crippen molar-refractivity contribution in [1.82, 2.24) is 19.8 Å². The average molecular weight is 313 g/mol. The number of hydrogen-bond acceptors (Lipinski definition) is 4. The van der Waals surface area contributed by atoms with Crippen LogP contribution in [0.15, 0.2) is 12.1 Å². The molecule has 1 aliphatic heterocycles. The Balaban J connectivity index is 1.44. The van der Waals surface area contributed by atoms with Crippen LogP contribution in [0.1, 0.15) is 64.1 Å². The second-order valence-corrected chi connectivity index (χ2v) is 7.70. The number of aromatic nitrogens is 4. The van der Waals surface area contributed by atoms with Gasteiger partial charge in [-0.2, -0.15) is 4.52 Å². The molecule has 0 aromatic carbocycles. The molecule has 5 heteroatoms. The third-order valence-corrected chi connectivity index (χ3v) is 5.31. The van der Waals surface area contributed by atoms with E-state index in [-0.39, 0.29) is 0 Å². The summed E-state index contributed by atoms with van der Waals surface area (Å²) in [5.41, 5.74) is 0.877.